The van der Waals surface area contributed by atoms with Gasteiger partial charge >= 0.3 is 5.97 Å². The normalized spacial score (nSPS) is 17.7. The number of hydrogen-bond donors (Lipinski definition) is 0. The molecule has 0 aromatic carbocycles. The van der Waals surface area contributed by atoms with Crippen molar-refractivity contribution in [1.29, 1.82) is 0 Å². The van der Waals surface area contributed by atoms with Crippen molar-refractivity contribution in [3.63, 3.8) is 0 Å². The third kappa shape index (κ3) is 9.68. The van der Waals surface area contributed by atoms with E-state index in [0.29, 0.717) is 13.2 Å². The van der Waals surface area contributed by atoms with Crippen molar-refractivity contribution in [3.8, 4) is 0 Å². The molecule has 0 radical (unpaired) electrons. The van der Waals surface area contributed by atoms with Crippen LogP contribution in [0.3, 0.4) is 0 Å². The Kier molecular flexibility index (Phi) is 10.7. The summed E-state index contributed by atoms with van der Waals surface area (Å²) < 4.78 is 16.4. The molecule has 2 rings (SSSR count). The lowest BCUT2D eigenvalue weighted by molar-refractivity contribution is -0.162. The molecule has 0 bridgehead atoms. The predicted octanol–water partition coefficient (Wildman–Crippen LogP) is 4.61. The zero-order valence-electron chi connectivity index (χ0n) is 16.5. The molecule has 5 heteroatoms. The molecule has 1 unspecified atom stereocenters. The fraction of sp³-hybridized carbons (Fsp3) is 0.636. The van der Waals surface area contributed by atoms with Gasteiger partial charge in [0.2, 0.25) is 0 Å². The lowest BCUT2D eigenvalue weighted by Gasteiger charge is -2.22. The van der Waals surface area contributed by atoms with Gasteiger partial charge in [0, 0.05) is 31.7 Å². The second-order valence-electron chi connectivity index (χ2n) is 6.89. The molecule has 1 fully saturated rings. The van der Waals surface area contributed by atoms with Gasteiger partial charge in [-0.2, -0.15) is 0 Å². The minimum Gasteiger partial charge on any atom is -0.463 e. The third-order valence-corrected chi connectivity index (χ3v) is 4.63. The summed E-state index contributed by atoms with van der Waals surface area (Å²) in [4.78, 5) is 16.0. The molecular formula is C22H33NO4. The zero-order valence-corrected chi connectivity index (χ0v) is 16.5. The first-order chi connectivity index (χ1) is 13.3. The smallest absolute Gasteiger partial charge is 0.330 e. The summed E-state index contributed by atoms with van der Waals surface area (Å²) in [5, 5.41) is 0. The Labute approximate surface area is 163 Å². The zero-order chi connectivity index (χ0) is 19.2. The maximum absolute atomic E-state index is 11.8. The highest BCUT2D eigenvalue weighted by atomic mass is 16.7. The molecule has 1 aromatic rings. The van der Waals surface area contributed by atoms with E-state index in [1.807, 2.05) is 19.2 Å². The number of carbonyl (C=O) groups excluding carboxylic acids is 1. The number of nitrogens with zero attached hydrogens (tertiary/aromatic N) is 1. The quantitative estimate of drug-likeness (QED) is 0.303. The number of carbonyl (C=O) groups is 1. The van der Waals surface area contributed by atoms with Gasteiger partial charge in [0.05, 0.1) is 6.61 Å². The Morgan fingerprint density at radius 1 is 1.30 bits per heavy atom. The Morgan fingerprint density at radius 3 is 2.93 bits per heavy atom. The SMILES string of the molecule is CCOC(=O)C=C(CCCCOC1CCCCO1)CCCc1cccnc1. The minimum atomic E-state index is -0.235. The molecule has 0 N–H and O–H groups in total. The lowest BCUT2D eigenvalue weighted by Crippen LogP contribution is -2.22. The number of aryl methyl sites for hydroxylation is 1. The molecular weight excluding hydrogens is 342 g/mol. The number of pyridine rings is 1. The van der Waals surface area contributed by atoms with Crippen molar-refractivity contribution >= 4 is 5.97 Å². The maximum Gasteiger partial charge on any atom is 0.330 e. The van der Waals surface area contributed by atoms with Gasteiger partial charge < -0.3 is 14.2 Å². The molecule has 150 valence electrons. The molecule has 0 spiro atoms. The number of allylic oxidation sites excluding steroid dienone is 1. The largest absolute Gasteiger partial charge is 0.463 e. The van der Waals surface area contributed by atoms with Gasteiger partial charge in [0.1, 0.15) is 0 Å². The molecule has 1 saturated heterocycles. The number of rotatable bonds is 12. The topological polar surface area (TPSA) is 57.7 Å². The molecule has 0 amide bonds. The fourth-order valence-corrected chi connectivity index (χ4v) is 3.20. The molecule has 5 nitrogen and oxygen atoms in total. The molecule has 1 aromatic heterocycles. The number of unbranched alkanes of at least 4 members (excludes halogenated alkanes) is 1. The van der Waals surface area contributed by atoms with Crippen LogP contribution in [0.25, 0.3) is 0 Å². The Balaban J connectivity index is 1.69. The second-order valence-corrected chi connectivity index (χ2v) is 6.89. The summed E-state index contributed by atoms with van der Waals surface area (Å²) >= 11 is 0. The van der Waals surface area contributed by atoms with E-state index in [1.165, 1.54) is 12.0 Å². The number of ether oxygens (including phenoxy) is 3. The van der Waals surface area contributed by atoms with E-state index in [1.54, 1.807) is 12.3 Å². The number of esters is 1. The fourth-order valence-electron chi connectivity index (χ4n) is 3.20. The van der Waals surface area contributed by atoms with Crippen molar-refractivity contribution in [1.82, 2.24) is 4.98 Å². The molecule has 0 saturated carbocycles. The van der Waals surface area contributed by atoms with Crippen molar-refractivity contribution in [2.75, 3.05) is 19.8 Å². The minimum absolute atomic E-state index is 0.0206. The van der Waals surface area contributed by atoms with Crippen LogP contribution in [0.15, 0.2) is 36.2 Å². The molecule has 1 aliphatic heterocycles. The first kappa shape index (κ1) is 21.6. The summed E-state index contributed by atoms with van der Waals surface area (Å²) in [5.41, 5.74) is 2.39. The molecule has 27 heavy (non-hydrogen) atoms. The highest BCUT2D eigenvalue weighted by Gasteiger charge is 2.13. The summed E-state index contributed by atoms with van der Waals surface area (Å²) in [6.07, 6.45) is 14.4. The van der Waals surface area contributed by atoms with Gasteiger partial charge in [0.15, 0.2) is 6.29 Å². The maximum atomic E-state index is 11.8. The van der Waals surface area contributed by atoms with Crippen molar-refractivity contribution in [2.24, 2.45) is 0 Å². The van der Waals surface area contributed by atoms with E-state index in [0.717, 1.165) is 63.5 Å². The van der Waals surface area contributed by atoms with Gasteiger partial charge in [-0.1, -0.05) is 11.6 Å². The van der Waals surface area contributed by atoms with E-state index in [-0.39, 0.29) is 12.3 Å². The van der Waals surface area contributed by atoms with Gasteiger partial charge in [0.25, 0.3) is 0 Å². The van der Waals surface area contributed by atoms with Crippen LogP contribution in [0.5, 0.6) is 0 Å². The summed E-state index contributed by atoms with van der Waals surface area (Å²) in [6, 6.07) is 4.05. The number of hydrogen-bond acceptors (Lipinski definition) is 5. The van der Waals surface area contributed by atoms with Crippen molar-refractivity contribution < 1.29 is 19.0 Å². The van der Waals surface area contributed by atoms with Gasteiger partial charge in [-0.15, -0.1) is 0 Å². The van der Waals surface area contributed by atoms with Crippen LogP contribution in [0.4, 0.5) is 0 Å². The number of aromatic nitrogens is 1. The van der Waals surface area contributed by atoms with E-state index in [4.69, 9.17) is 14.2 Å². The van der Waals surface area contributed by atoms with E-state index >= 15 is 0 Å². The highest BCUT2D eigenvalue weighted by Crippen LogP contribution is 2.18. The Bertz CT molecular complexity index is 553. The summed E-state index contributed by atoms with van der Waals surface area (Å²) in [5.74, 6) is -0.235. The molecule has 0 aliphatic carbocycles. The van der Waals surface area contributed by atoms with Crippen LogP contribution >= 0.6 is 0 Å². The van der Waals surface area contributed by atoms with Crippen LogP contribution in [0.2, 0.25) is 0 Å². The predicted molar refractivity (Wildman–Crippen MR) is 105 cm³/mol. The molecule has 2 heterocycles. The molecule has 1 atom stereocenters. The lowest BCUT2D eigenvalue weighted by atomic mass is 10.0. The van der Waals surface area contributed by atoms with E-state index in [2.05, 4.69) is 11.1 Å². The monoisotopic (exact) mass is 375 g/mol. The van der Waals surface area contributed by atoms with Crippen LogP contribution in [0.1, 0.15) is 63.9 Å². The van der Waals surface area contributed by atoms with Crippen molar-refractivity contribution in [3.05, 3.63) is 41.7 Å². The average Bonchev–Trinajstić information content (AvgIpc) is 2.69. The van der Waals surface area contributed by atoms with Crippen LogP contribution in [0, 0.1) is 0 Å². The van der Waals surface area contributed by atoms with Crippen LogP contribution < -0.4 is 0 Å². The second kappa shape index (κ2) is 13.4. The molecule has 1 aliphatic rings. The first-order valence-corrected chi connectivity index (χ1v) is 10.3. The average molecular weight is 376 g/mol. The van der Waals surface area contributed by atoms with Crippen molar-refractivity contribution in [2.45, 2.75) is 71.0 Å². The van der Waals surface area contributed by atoms with E-state index < -0.39 is 0 Å². The van der Waals surface area contributed by atoms with Gasteiger partial charge in [-0.3, -0.25) is 4.98 Å². The van der Waals surface area contributed by atoms with Crippen LogP contribution in [-0.2, 0) is 25.4 Å². The first-order valence-electron chi connectivity index (χ1n) is 10.3. The highest BCUT2D eigenvalue weighted by molar-refractivity contribution is 5.82. The standard InChI is InChI=1S/C22H33NO4/c1-2-25-21(24)17-19(10-7-11-20-12-8-14-23-18-20)9-3-5-15-26-22-13-4-6-16-27-22/h8,12,14,17-18,22H,2-7,9-11,13,15-16H2,1H3. The summed E-state index contributed by atoms with van der Waals surface area (Å²) in [7, 11) is 0. The van der Waals surface area contributed by atoms with E-state index in [9.17, 15) is 4.79 Å². The Hall–Kier alpha value is -1.72. The Morgan fingerprint density at radius 2 is 2.19 bits per heavy atom. The van der Waals surface area contributed by atoms with Crippen LogP contribution in [-0.4, -0.2) is 37.1 Å². The van der Waals surface area contributed by atoms with Gasteiger partial charge in [-0.25, -0.2) is 4.79 Å². The van der Waals surface area contributed by atoms with Gasteiger partial charge in [-0.05, 0) is 76.3 Å². The summed E-state index contributed by atoms with van der Waals surface area (Å²) in [6.45, 7) is 3.77. The third-order valence-electron chi connectivity index (χ3n) is 4.63.